The molecular formula is C42H30N2O. The minimum atomic E-state index is -0.103. The second kappa shape index (κ2) is 9.73. The van der Waals surface area contributed by atoms with Gasteiger partial charge in [-0.1, -0.05) is 123 Å². The van der Waals surface area contributed by atoms with E-state index in [-0.39, 0.29) is 5.41 Å². The van der Waals surface area contributed by atoms with Crippen molar-refractivity contribution in [1.29, 1.82) is 0 Å². The standard InChI is InChI=1S/C42H30N2O/c1-3-42(2)34-20-11-10-17-29(34)30-22-24-36-37(38(30)42)31-18-12-19-32(40(31)45-36)41-43-35-23-21-28(26-13-6-4-7-14-26)25-33(35)39(44-41)27-15-8-5-9-16-27/h4-25H,3H2,1-2H3. The Labute approximate surface area is 261 Å². The quantitative estimate of drug-likeness (QED) is 0.208. The van der Waals surface area contributed by atoms with Crippen LogP contribution in [0.3, 0.4) is 0 Å². The Balaban J connectivity index is 1.30. The number of fused-ring (bicyclic) bond motifs is 8. The van der Waals surface area contributed by atoms with Gasteiger partial charge in [0, 0.05) is 27.1 Å². The van der Waals surface area contributed by atoms with E-state index in [1.165, 1.54) is 33.2 Å². The highest BCUT2D eigenvalue weighted by molar-refractivity contribution is 6.14. The number of para-hydroxylation sites is 1. The Morgan fingerprint density at radius 1 is 0.600 bits per heavy atom. The maximum absolute atomic E-state index is 6.75. The smallest absolute Gasteiger partial charge is 0.164 e. The molecule has 1 atom stereocenters. The van der Waals surface area contributed by atoms with Crippen LogP contribution in [0.4, 0.5) is 0 Å². The molecule has 2 aromatic heterocycles. The third-order valence-corrected chi connectivity index (χ3v) is 9.83. The van der Waals surface area contributed by atoms with E-state index in [4.69, 9.17) is 14.4 Å². The fourth-order valence-corrected chi connectivity index (χ4v) is 7.44. The first-order valence-corrected chi connectivity index (χ1v) is 15.7. The number of hydrogen-bond donors (Lipinski definition) is 0. The van der Waals surface area contributed by atoms with Gasteiger partial charge in [0.2, 0.25) is 0 Å². The maximum Gasteiger partial charge on any atom is 0.164 e. The molecule has 214 valence electrons. The van der Waals surface area contributed by atoms with Gasteiger partial charge in [-0.05, 0) is 64.1 Å². The van der Waals surface area contributed by atoms with E-state index in [9.17, 15) is 0 Å². The van der Waals surface area contributed by atoms with Crippen molar-refractivity contribution >= 4 is 32.8 Å². The molecule has 1 aliphatic carbocycles. The second-order valence-electron chi connectivity index (χ2n) is 12.2. The van der Waals surface area contributed by atoms with Crippen molar-refractivity contribution in [3.05, 3.63) is 145 Å². The number of rotatable bonds is 4. The lowest BCUT2D eigenvalue weighted by molar-refractivity contribution is 0.568. The van der Waals surface area contributed by atoms with Crippen LogP contribution in [0.5, 0.6) is 0 Å². The Morgan fingerprint density at radius 2 is 1.33 bits per heavy atom. The molecule has 1 aliphatic rings. The van der Waals surface area contributed by atoms with Crippen molar-refractivity contribution in [2.75, 3.05) is 0 Å². The normalized spacial score (nSPS) is 15.5. The topological polar surface area (TPSA) is 38.9 Å². The molecule has 0 N–H and O–H groups in total. The molecule has 0 radical (unpaired) electrons. The van der Waals surface area contributed by atoms with Gasteiger partial charge >= 0.3 is 0 Å². The number of benzene rings is 6. The number of furan rings is 1. The van der Waals surface area contributed by atoms with Crippen molar-refractivity contribution in [3.8, 4) is 44.9 Å². The van der Waals surface area contributed by atoms with Gasteiger partial charge in [0.05, 0.1) is 16.8 Å². The first-order valence-electron chi connectivity index (χ1n) is 15.7. The zero-order valence-corrected chi connectivity index (χ0v) is 25.2. The van der Waals surface area contributed by atoms with Gasteiger partial charge in [0.15, 0.2) is 5.82 Å². The minimum Gasteiger partial charge on any atom is -0.455 e. The SMILES string of the molecule is CCC1(C)c2ccccc2-c2ccc3oc4c(-c5nc(-c6ccccc6)c6cc(-c7ccccc7)ccc6n5)cccc4c3c21. The molecule has 6 aromatic carbocycles. The molecule has 9 rings (SSSR count). The van der Waals surface area contributed by atoms with E-state index < -0.39 is 0 Å². The number of aromatic nitrogens is 2. The van der Waals surface area contributed by atoms with Crippen LogP contribution in [-0.4, -0.2) is 9.97 Å². The van der Waals surface area contributed by atoms with Gasteiger partial charge in [0.25, 0.3) is 0 Å². The molecule has 2 heterocycles. The highest BCUT2D eigenvalue weighted by Gasteiger charge is 2.40. The molecule has 3 nitrogen and oxygen atoms in total. The van der Waals surface area contributed by atoms with Crippen LogP contribution in [0.15, 0.2) is 138 Å². The summed E-state index contributed by atoms with van der Waals surface area (Å²) < 4.78 is 6.75. The van der Waals surface area contributed by atoms with E-state index in [0.29, 0.717) is 5.82 Å². The zero-order chi connectivity index (χ0) is 30.1. The average Bonchev–Trinajstić information content (AvgIpc) is 3.61. The van der Waals surface area contributed by atoms with Gasteiger partial charge in [0.1, 0.15) is 11.2 Å². The van der Waals surface area contributed by atoms with E-state index in [1.807, 2.05) is 12.1 Å². The fourth-order valence-electron chi connectivity index (χ4n) is 7.44. The van der Waals surface area contributed by atoms with Crippen molar-refractivity contribution < 1.29 is 4.42 Å². The Hall–Kier alpha value is -5.54. The molecule has 8 aromatic rings. The Kier molecular flexibility index (Phi) is 5.61. The third kappa shape index (κ3) is 3.77. The molecule has 0 bridgehead atoms. The van der Waals surface area contributed by atoms with Crippen molar-refractivity contribution in [1.82, 2.24) is 9.97 Å². The predicted octanol–water partition coefficient (Wildman–Crippen LogP) is 11.2. The molecular weight excluding hydrogens is 548 g/mol. The van der Waals surface area contributed by atoms with Gasteiger partial charge in [-0.15, -0.1) is 0 Å². The van der Waals surface area contributed by atoms with Crippen LogP contribution >= 0.6 is 0 Å². The van der Waals surface area contributed by atoms with Crippen LogP contribution in [0.1, 0.15) is 31.4 Å². The summed E-state index contributed by atoms with van der Waals surface area (Å²) in [5.41, 5.74) is 13.1. The van der Waals surface area contributed by atoms with Crippen LogP contribution in [0.25, 0.3) is 77.7 Å². The van der Waals surface area contributed by atoms with E-state index >= 15 is 0 Å². The lowest BCUT2D eigenvalue weighted by atomic mass is 9.76. The average molecular weight is 579 g/mol. The predicted molar refractivity (Wildman–Crippen MR) is 185 cm³/mol. The summed E-state index contributed by atoms with van der Waals surface area (Å²) in [6, 6.07) is 47.0. The molecule has 0 aliphatic heterocycles. The largest absolute Gasteiger partial charge is 0.455 e. The second-order valence-corrected chi connectivity index (χ2v) is 12.2. The first kappa shape index (κ1) is 25.9. The Morgan fingerprint density at radius 3 is 2.13 bits per heavy atom. The van der Waals surface area contributed by atoms with E-state index in [0.717, 1.165) is 56.3 Å². The molecule has 45 heavy (non-hydrogen) atoms. The van der Waals surface area contributed by atoms with Crippen LogP contribution in [0, 0.1) is 0 Å². The van der Waals surface area contributed by atoms with Crippen LogP contribution in [0.2, 0.25) is 0 Å². The molecule has 0 spiro atoms. The summed E-state index contributed by atoms with van der Waals surface area (Å²) in [6.45, 7) is 4.66. The summed E-state index contributed by atoms with van der Waals surface area (Å²) in [6.07, 6.45) is 1.00. The summed E-state index contributed by atoms with van der Waals surface area (Å²) in [4.78, 5) is 10.4. The zero-order valence-electron chi connectivity index (χ0n) is 25.2. The lowest BCUT2D eigenvalue weighted by Crippen LogP contribution is -2.19. The van der Waals surface area contributed by atoms with Crippen LogP contribution < -0.4 is 0 Å². The van der Waals surface area contributed by atoms with Gasteiger partial charge in [-0.3, -0.25) is 0 Å². The summed E-state index contributed by atoms with van der Waals surface area (Å²) in [7, 11) is 0. The van der Waals surface area contributed by atoms with Crippen molar-refractivity contribution in [2.45, 2.75) is 25.7 Å². The van der Waals surface area contributed by atoms with E-state index in [1.54, 1.807) is 0 Å². The number of nitrogens with zero attached hydrogens (tertiary/aromatic N) is 2. The number of hydrogen-bond acceptors (Lipinski definition) is 3. The van der Waals surface area contributed by atoms with E-state index in [2.05, 4.69) is 135 Å². The lowest BCUT2D eigenvalue weighted by Gasteiger charge is -2.26. The van der Waals surface area contributed by atoms with Crippen molar-refractivity contribution in [3.63, 3.8) is 0 Å². The molecule has 0 saturated heterocycles. The fraction of sp³-hybridized carbons (Fsp3) is 0.0952. The molecule has 3 heteroatoms. The minimum absolute atomic E-state index is 0.103. The monoisotopic (exact) mass is 578 g/mol. The molecule has 1 unspecified atom stereocenters. The van der Waals surface area contributed by atoms with Crippen molar-refractivity contribution in [2.24, 2.45) is 0 Å². The van der Waals surface area contributed by atoms with Gasteiger partial charge < -0.3 is 4.42 Å². The summed E-state index contributed by atoms with van der Waals surface area (Å²) >= 11 is 0. The summed E-state index contributed by atoms with van der Waals surface area (Å²) in [5.74, 6) is 0.664. The highest BCUT2D eigenvalue weighted by atomic mass is 16.3. The Bertz CT molecular complexity index is 2420. The van der Waals surface area contributed by atoms with Gasteiger partial charge in [-0.2, -0.15) is 0 Å². The van der Waals surface area contributed by atoms with Gasteiger partial charge in [-0.25, -0.2) is 9.97 Å². The molecule has 0 amide bonds. The molecule has 0 saturated carbocycles. The highest BCUT2D eigenvalue weighted by Crippen LogP contribution is 2.54. The maximum atomic E-state index is 6.75. The molecule has 0 fully saturated rings. The van der Waals surface area contributed by atoms with Crippen LogP contribution in [-0.2, 0) is 5.41 Å². The summed E-state index contributed by atoms with van der Waals surface area (Å²) in [5, 5.41) is 3.33. The third-order valence-electron chi connectivity index (χ3n) is 9.83. The first-order chi connectivity index (χ1) is 22.1.